The molecule has 0 radical (unpaired) electrons. The topological polar surface area (TPSA) is 49.6 Å². The minimum atomic E-state index is -0.407. The lowest BCUT2D eigenvalue weighted by molar-refractivity contribution is -0.132. The van der Waals surface area contributed by atoms with Crippen LogP contribution < -0.4 is 5.73 Å². The van der Waals surface area contributed by atoms with Gasteiger partial charge in [-0.3, -0.25) is 4.79 Å². The first-order valence-electron chi connectivity index (χ1n) is 5.53. The lowest BCUT2D eigenvalue weighted by atomic mass is 10.0. The first-order valence-corrected chi connectivity index (χ1v) is 5.53. The highest BCUT2D eigenvalue weighted by molar-refractivity contribution is 5.77. The van der Waals surface area contributed by atoms with Gasteiger partial charge in [-0.15, -0.1) is 0 Å². The molecule has 0 aliphatic carbocycles. The molecule has 0 bridgehead atoms. The molecule has 0 spiro atoms. The van der Waals surface area contributed by atoms with Crippen molar-refractivity contribution in [2.75, 3.05) is 27.2 Å². The average Bonchev–Trinajstić information content (AvgIpc) is 2.47. The Hall–Kier alpha value is -0.610. The van der Waals surface area contributed by atoms with Gasteiger partial charge in [0.2, 0.25) is 5.91 Å². The fraction of sp³-hybridized carbons (Fsp3) is 0.909. The predicted molar refractivity (Wildman–Crippen MR) is 61.6 cm³/mol. The summed E-state index contributed by atoms with van der Waals surface area (Å²) in [4.78, 5) is 16.0. The fourth-order valence-corrected chi connectivity index (χ4v) is 1.95. The van der Waals surface area contributed by atoms with E-state index in [4.69, 9.17) is 5.73 Å². The van der Waals surface area contributed by atoms with Gasteiger partial charge in [0.25, 0.3) is 0 Å². The predicted octanol–water partition coefficient (Wildman–Crippen LogP) is 0.276. The number of likely N-dealkylation sites (tertiary alicyclic amines) is 1. The highest BCUT2D eigenvalue weighted by atomic mass is 16.2. The molecule has 4 nitrogen and oxygen atoms in total. The third kappa shape index (κ3) is 3.80. The molecule has 0 aromatic carbocycles. The van der Waals surface area contributed by atoms with Crippen LogP contribution in [0.1, 0.15) is 26.7 Å². The number of hydrogen-bond donors (Lipinski definition) is 1. The smallest absolute Gasteiger partial charge is 0.224 e. The van der Waals surface area contributed by atoms with Gasteiger partial charge in [-0.1, -0.05) is 0 Å². The lowest BCUT2D eigenvalue weighted by Gasteiger charge is -2.28. The highest BCUT2D eigenvalue weighted by Crippen LogP contribution is 2.15. The molecular weight excluding hydrogens is 190 g/mol. The van der Waals surface area contributed by atoms with E-state index in [0.717, 1.165) is 19.5 Å². The molecule has 1 amide bonds. The lowest BCUT2D eigenvalue weighted by Crippen LogP contribution is -2.44. The fourth-order valence-electron chi connectivity index (χ4n) is 1.95. The van der Waals surface area contributed by atoms with Gasteiger partial charge in [-0.05, 0) is 33.9 Å². The molecule has 15 heavy (non-hydrogen) atoms. The second kappa shape index (κ2) is 4.49. The van der Waals surface area contributed by atoms with E-state index >= 15 is 0 Å². The summed E-state index contributed by atoms with van der Waals surface area (Å²) in [5, 5.41) is 0. The van der Waals surface area contributed by atoms with Crippen molar-refractivity contribution >= 4 is 5.91 Å². The van der Waals surface area contributed by atoms with Crippen molar-refractivity contribution in [2.45, 2.75) is 38.3 Å². The first kappa shape index (κ1) is 12.5. The van der Waals surface area contributed by atoms with Gasteiger partial charge in [0, 0.05) is 31.6 Å². The third-order valence-electron chi connectivity index (χ3n) is 2.91. The third-order valence-corrected chi connectivity index (χ3v) is 2.91. The Balaban J connectivity index is 2.46. The standard InChI is InChI=1S/C11H23N3O/c1-11(2,12)7-10(15)14(4)9-5-6-13(3)8-9/h9H,5-8,12H2,1-4H3. The van der Waals surface area contributed by atoms with Crippen LogP contribution in [0.15, 0.2) is 0 Å². The van der Waals surface area contributed by atoms with Gasteiger partial charge in [-0.25, -0.2) is 0 Å². The van der Waals surface area contributed by atoms with E-state index in [-0.39, 0.29) is 5.91 Å². The number of hydrogen-bond acceptors (Lipinski definition) is 3. The Kier molecular flexibility index (Phi) is 3.73. The quantitative estimate of drug-likeness (QED) is 0.732. The maximum absolute atomic E-state index is 11.9. The van der Waals surface area contributed by atoms with Crippen molar-refractivity contribution in [3.05, 3.63) is 0 Å². The average molecular weight is 213 g/mol. The van der Waals surface area contributed by atoms with Crippen molar-refractivity contribution < 1.29 is 4.79 Å². The van der Waals surface area contributed by atoms with Crippen LogP contribution in [0.5, 0.6) is 0 Å². The Labute approximate surface area is 92.4 Å². The minimum Gasteiger partial charge on any atom is -0.341 e. The van der Waals surface area contributed by atoms with Crippen molar-refractivity contribution in [1.29, 1.82) is 0 Å². The van der Waals surface area contributed by atoms with E-state index in [1.165, 1.54) is 0 Å². The molecule has 0 aromatic heterocycles. The van der Waals surface area contributed by atoms with Crippen LogP contribution >= 0.6 is 0 Å². The molecule has 2 N–H and O–H groups in total. The summed E-state index contributed by atoms with van der Waals surface area (Å²) >= 11 is 0. The zero-order chi connectivity index (χ0) is 11.6. The molecule has 1 aliphatic rings. The second-order valence-corrected chi connectivity index (χ2v) is 5.37. The highest BCUT2D eigenvalue weighted by Gasteiger charge is 2.28. The molecule has 1 atom stereocenters. The van der Waals surface area contributed by atoms with Crippen LogP contribution in [-0.2, 0) is 4.79 Å². The van der Waals surface area contributed by atoms with Crippen molar-refractivity contribution in [2.24, 2.45) is 5.73 Å². The number of rotatable bonds is 3. The van der Waals surface area contributed by atoms with Gasteiger partial charge >= 0.3 is 0 Å². The molecule has 1 rings (SSSR count). The molecule has 88 valence electrons. The number of nitrogens with zero attached hydrogens (tertiary/aromatic N) is 2. The molecule has 1 fully saturated rings. The van der Waals surface area contributed by atoms with Crippen LogP contribution in [0.2, 0.25) is 0 Å². The van der Waals surface area contributed by atoms with Crippen LogP contribution in [0.25, 0.3) is 0 Å². The van der Waals surface area contributed by atoms with Gasteiger partial charge in [0.05, 0.1) is 0 Å². The van der Waals surface area contributed by atoms with E-state index in [1.807, 2.05) is 25.8 Å². The van der Waals surface area contributed by atoms with E-state index in [2.05, 4.69) is 11.9 Å². The Morgan fingerprint density at radius 2 is 2.20 bits per heavy atom. The van der Waals surface area contributed by atoms with Crippen LogP contribution in [0.4, 0.5) is 0 Å². The van der Waals surface area contributed by atoms with Gasteiger partial charge in [0.15, 0.2) is 0 Å². The maximum atomic E-state index is 11.9. The van der Waals surface area contributed by atoms with Crippen molar-refractivity contribution in [3.8, 4) is 0 Å². The Bertz CT molecular complexity index is 234. The van der Waals surface area contributed by atoms with Crippen molar-refractivity contribution in [3.63, 3.8) is 0 Å². The van der Waals surface area contributed by atoms with Gasteiger partial charge in [0.1, 0.15) is 0 Å². The zero-order valence-corrected chi connectivity index (χ0v) is 10.3. The summed E-state index contributed by atoms with van der Waals surface area (Å²) in [6, 6.07) is 0.366. The van der Waals surface area contributed by atoms with Crippen LogP contribution in [0, 0.1) is 0 Å². The number of carbonyl (C=O) groups is 1. The van der Waals surface area contributed by atoms with Gasteiger partial charge < -0.3 is 15.5 Å². The second-order valence-electron chi connectivity index (χ2n) is 5.37. The van der Waals surface area contributed by atoms with E-state index in [1.54, 1.807) is 0 Å². The summed E-state index contributed by atoms with van der Waals surface area (Å²) in [5.74, 6) is 0.155. The maximum Gasteiger partial charge on any atom is 0.224 e. The summed E-state index contributed by atoms with van der Waals surface area (Å²) < 4.78 is 0. The molecule has 1 aliphatic heterocycles. The molecule has 0 saturated carbocycles. The Morgan fingerprint density at radius 3 is 2.60 bits per heavy atom. The van der Waals surface area contributed by atoms with Crippen molar-refractivity contribution in [1.82, 2.24) is 9.80 Å². The number of likely N-dealkylation sites (N-methyl/N-ethyl adjacent to an activating group) is 2. The minimum absolute atomic E-state index is 0.155. The van der Waals surface area contributed by atoms with E-state index in [9.17, 15) is 4.79 Å². The van der Waals surface area contributed by atoms with E-state index < -0.39 is 5.54 Å². The van der Waals surface area contributed by atoms with E-state index in [0.29, 0.717) is 12.5 Å². The normalized spacial score (nSPS) is 23.1. The molecule has 4 heteroatoms. The monoisotopic (exact) mass is 213 g/mol. The number of amides is 1. The number of carbonyl (C=O) groups excluding carboxylic acids is 1. The Morgan fingerprint density at radius 1 is 1.60 bits per heavy atom. The SMILES string of the molecule is CN1CCC(N(C)C(=O)CC(C)(C)N)C1. The summed E-state index contributed by atoms with van der Waals surface area (Å²) in [7, 11) is 3.98. The summed E-state index contributed by atoms with van der Waals surface area (Å²) in [6.45, 7) is 5.83. The molecule has 0 aromatic rings. The molecule has 1 heterocycles. The molecule has 1 unspecified atom stereocenters. The first-order chi connectivity index (χ1) is 6.79. The van der Waals surface area contributed by atoms with Gasteiger partial charge in [-0.2, -0.15) is 0 Å². The number of nitrogens with two attached hydrogens (primary N) is 1. The summed E-state index contributed by atoms with van der Waals surface area (Å²) in [5.41, 5.74) is 5.44. The molecular formula is C11H23N3O. The molecule has 1 saturated heterocycles. The zero-order valence-electron chi connectivity index (χ0n) is 10.3. The van der Waals surface area contributed by atoms with Crippen LogP contribution in [-0.4, -0.2) is 54.5 Å². The largest absolute Gasteiger partial charge is 0.341 e. The summed E-state index contributed by atoms with van der Waals surface area (Å²) in [6.07, 6.45) is 1.49. The van der Waals surface area contributed by atoms with Crippen LogP contribution in [0.3, 0.4) is 0 Å².